The number of rotatable bonds is 13. The van der Waals surface area contributed by atoms with E-state index in [-0.39, 0.29) is 25.8 Å². The van der Waals surface area contributed by atoms with Crippen LogP contribution in [0.15, 0.2) is 84.9 Å². The minimum absolute atomic E-state index is 0.0320. The number of aliphatic hydroxyl groups is 2. The predicted octanol–water partition coefficient (Wildman–Crippen LogP) is 3.24. The zero-order chi connectivity index (χ0) is 40.7. The Morgan fingerprint density at radius 1 is 0.947 bits per heavy atom. The SMILES string of the molecule is C[C@H](O)[C@@H](NC(=O)[C@@]12C[C@H]3OC(=O)[C@@H]1N(Cc1ccccc1I)O[C@@H]2[C@H]1OC(c2ccccc2)(c2ccccc2)O[C@H]13)C(=O)N[C@H](CO)CCC(=O)OC(C)(C)C. The highest BCUT2D eigenvalue weighted by atomic mass is 127. The fourth-order valence-corrected chi connectivity index (χ4v) is 8.91. The van der Waals surface area contributed by atoms with E-state index in [1.807, 2.05) is 84.9 Å². The van der Waals surface area contributed by atoms with Gasteiger partial charge in [-0.05, 0) is 68.3 Å². The van der Waals surface area contributed by atoms with Crippen LogP contribution in [0.1, 0.15) is 63.6 Å². The molecule has 7 rings (SSSR count). The molecule has 14 nitrogen and oxygen atoms in total. The molecule has 0 unspecified atom stereocenters. The fraction of sp³-hybridized carbons (Fsp3) is 0.476. The van der Waals surface area contributed by atoms with Crippen LogP contribution in [-0.4, -0.2) is 99.9 Å². The Hall–Kier alpha value is -3.97. The van der Waals surface area contributed by atoms with Crippen molar-refractivity contribution in [3.05, 3.63) is 105 Å². The van der Waals surface area contributed by atoms with E-state index in [1.54, 1.807) is 20.8 Å². The van der Waals surface area contributed by atoms with Crippen molar-refractivity contribution in [2.75, 3.05) is 6.61 Å². The smallest absolute Gasteiger partial charge is 0.327 e. The third kappa shape index (κ3) is 7.94. The lowest BCUT2D eigenvalue weighted by Crippen LogP contribution is -2.71. The Labute approximate surface area is 344 Å². The third-order valence-corrected chi connectivity index (χ3v) is 12.0. The second-order valence-electron chi connectivity index (χ2n) is 16.0. The summed E-state index contributed by atoms with van der Waals surface area (Å²) in [5.41, 5.74) is -0.169. The van der Waals surface area contributed by atoms with Gasteiger partial charge in [0.2, 0.25) is 17.6 Å². The molecule has 3 heterocycles. The van der Waals surface area contributed by atoms with E-state index in [0.717, 1.165) is 9.13 Å². The van der Waals surface area contributed by atoms with E-state index in [9.17, 15) is 24.6 Å². The summed E-state index contributed by atoms with van der Waals surface area (Å²) >= 11 is 2.20. The summed E-state index contributed by atoms with van der Waals surface area (Å²) in [5, 5.41) is 27.9. The topological polar surface area (TPSA) is 182 Å². The summed E-state index contributed by atoms with van der Waals surface area (Å²) in [6.07, 6.45) is -5.34. The van der Waals surface area contributed by atoms with Gasteiger partial charge in [-0.1, -0.05) is 78.9 Å². The van der Waals surface area contributed by atoms with Gasteiger partial charge in [-0.15, -0.1) is 0 Å². The lowest BCUT2D eigenvalue weighted by Gasteiger charge is -2.49. The molecule has 3 saturated heterocycles. The van der Waals surface area contributed by atoms with Gasteiger partial charge in [-0.25, -0.2) is 0 Å². The summed E-state index contributed by atoms with van der Waals surface area (Å²) in [4.78, 5) is 62.3. The average Bonchev–Trinajstić information content (AvgIpc) is 3.76. The van der Waals surface area contributed by atoms with Gasteiger partial charge in [0.1, 0.15) is 41.5 Å². The van der Waals surface area contributed by atoms with Gasteiger partial charge in [0, 0.05) is 27.5 Å². The number of ether oxygens (including phenoxy) is 4. The number of benzene rings is 3. The second-order valence-corrected chi connectivity index (χ2v) is 17.2. The number of hydrogen-bond acceptors (Lipinski definition) is 12. The maximum atomic E-state index is 15.1. The van der Waals surface area contributed by atoms with Crippen LogP contribution in [0.4, 0.5) is 0 Å². The monoisotopic (exact) mass is 897 g/mol. The molecule has 57 heavy (non-hydrogen) atoms. The zero-order valence-electron chi connectivity index (χ0n) is 32.1. The first-order valence-electron chi connectivity index (χ1n) is 19.1. The molecule has 3 aromatic carbocycles. The van der Waals surface area contributed by atoms with Crippen LogP contribution in [0.2, 0.25) is 0 Å². The first-order valence-corrected chi connectivity index (χ1v) is 20.2. The van der Waals surface area contributed by atoms with Gasteiger partial charge in [0.05, 0.1) is 25.3 Å². The van der Waals surface area contributed by atoms with E-state index in [4.69, 9.17) is 23.8 Å². The second kappa shape index (κ2) is 16.4. The number of halogens is 1. The summed E-state index contributed by atoms with van der Waals surface area (Å²) in [5.74, 6) is -4.18. The van der Waals surface area contributed by atoms with Gasteiger partial charge >= 0.3 is 11.9 Å². The molecular weight excluding hydrogens is 849 g/mol. The van der Waals surface area contributed by atoms with Crippen molar-refractivity contribution < 1.29 is 53.2 Å². The van der Waals surface area contributed by atoms with E-state index in [1.165, 1.54) is 12.0 Å². The highest BCUT2D eigenvalue weighted by Gasteiger charge is 2.76. The van der Waals surface area contributed by atoms with Crippen molar-refractivity contribution >= 4 is 46.3 Å². The standard InChI is InChI=1S/C42H48IN3O11/c1-24(48)32(37(50)44-28(23-47)19-20-31(49)54-40(2,3)4)45-39(52)41-21-30-33-34(56-42(55-33,26-14-7-5-8-15-26)27-16-9-6-10-17-27)36(41)57-46(35(41)38(51)53-30)22-25-13-11-12-18-29(25)43/h5-18,24,28,30,32-36,47-48H,19-23H2,1-4H3,(H,44,50)(H,45,52)/t24-,28-,30+,32+,33-,34-,35-,36+,41-/m0/s1. The van der Waals surface area contributed by atoms with Crippen molar-refractivity contribution in [3.63, 3.8) is 0 Å². The predicted molar refractivity (Wildman–Crippen MR) is 211 cm³/mol. The van der Waals surface area contributed by atoms with Crippen molar-refractivity contribution in [2.24, 2.45) is 5.41 Å². The zero-order valence-corrected chi connectivity index (χ0v) is 34.3. The molecule has 1 saturated carbocycles. The number of carbonyl (C=O) groups excluding carboxylic acids is 4. The molecule has 4 N–H and O–H groups in total. The van der Waals surface area contributed by atoms with Gasteiger partial charge in [0.25, 0.3) is 0 Å². The Morgan fingerprint density at radius 2 is 1.56 bits per heavy atom. The summed E-state index contributed by atoms with van der Waals surface area (Å²) in [6.45, 7) is 6.16. The number of hydrogen-bond donors (Lipinski definition) is 4. The number of fused-ring (bicyclic) bond motifs is 4. The minimum atomic E-state index is -1.67. The van der Waals surface area contributed by atoms with Crippen LogP contribution in [0, 0.1) is 8.99 Å². The molecule has 15 heteroatoms. The van der Waals surface area contributed by atoms with E-state index in [2.05, 4.69) is 33.2 Å². The molecule has 304 valence electrons. The number of esters is 2. The molecule has 2 bridgehead atoms. The Balaban J connectivity index is 1.23. The quantitative estimate of drug-likeness (QED) is 0.146. The summed E-state index contributed by atoms with van der Waals surface area (Å²) in [6, 6.07) is 22.7. The van der Waals surface area contributed by atoms with Crippen LogP contribution in [0.3, 0.4) is 0 Å². The summed E-state index contributed by atoms with van der Waals surface area (Å²) < 4.78 is 26.3. The molecular formula is C42H48IN3O11. The van der Waals surface area contributed by atoms with Gasteiger partial charge in [-0.3, -0.25) is 24.0 Å². The molecule has 3 aliphatic heterocycles. The number of amides is 2. The van der Waals surface area contributed by atoms with Crippen molar-refractivity contribution in [2.45, 2.75) is 114 Å². The maximum Gasteiger partial charge on any atom is 0.327 e. The normalized spacial score (nSPS) is 27.7. The van der Waals surface area contributed by atoms with Gasteiger partial charge in [-0.2, -0.15) is 5.06 Å². The van der Waals surface area contributed by atoms with Crippen LogP contribution in [-0.2, 0) is 55.3 Å². The summed E-state index contributed by atoms with van der Waals surface area (Å²) in [7, 11) is 0. The largest absolute Gasteiger partial charge is 0.460 e. The molecule has 0 radical (unpaired) electrons. The molecule has 4 fully saturated rings. The Bertz CT molecular complexity index is 1920. The highest BCUT2D eigenvalue weighted by Crippen LogP contribution is 2.59. The molecule has 0 aromatic heterocycles. The number of nitrogens with one attached hydrogen (secondary N) is 2. The number of hydroxylamine groups is 2. The highest BCUT2D eigenvalue weighted by molar-refractivity contribution is 14.1. The molecule has 0 spiro atoms. The average molecular weight is 898 g/mol. The molecule has 9 atom stereocenters. The third-order valence-electron chi connectivity index (χ3n) is 10.9. The fourth-order valence-electron chi connectivity index (χ4n) is 8.35. The first kappa shape index (κ1) is 41.2. The van der Waals surface area contributed by atoms with Crippen LogP contribution >= 0.6 is 22.6 Å². The lowest BCUT2D eigenvalue weighted by molar-refractivity contribution is -0.213. The van der Waals surface area contributed by atoms with Crippen molar-refractivity contribution in [3.8, 4) is 0 Å². The number of carbonyl (C=O) groups is 4. The van der Waals surface area contributed by atoms with Crippen molar-refractivity contribution in [1.82, 2.24) is 15.7 Å². The molecule has 1 aliphatic carbocycles. The number of nitrogens with zero attached hydrogens (tertiary/aromatic N) is 1. The maximum absolute atomic E-state index is 15.1. The Morgan fingerprint density at radius 3 is 2.16 bits per heavy atom. The van der Waals surface area contributed by atoms with E-state index < -0.39 is 95.8 Å². The number of aliphatic hydroxyl groups excluding tert-OH is 2. The van der Waals surface area contributed by atoms with Gasteiger partial charge in [0.15, 0.2) is 6.04 Å². The van der Waals surface area contributed by atoms with E-state index in [0.29, 0.717) is 11.1 Å². The van der Waals surface area contributed by atoms with Crippen LogP contribution in [0.5, 0.6) is 0 Å². The molecule has 3 aromatic rings. The van der Waals surface area contributed by atoms with Crippen LogP contribution in [0.25, 0.3) is 0 Å². The molecule has 2 amide bonds. The van der Waals surface area contributed by atoms with E-state index >= 15 is 4.79 Å². The van der Waals surface area contributed by atoms with Crippen molar-refractivity contribution in [1.29, 1.82) is 0 Å². The van der Waals surface area contributed by atoms with Crippen LogP contribution < -0.4 is 10.6 Å². The van der Waals surface area contributed by atoms with Gasteiger partial charge < -0.3 is 39.8 Å². The lowest BCUT2D eigenvalue weighted by atomic mass is 9.62. The molecule has 4 aliphatic rings. The Kier molecular flexibility index (Phi) is 11.8. The minimum Gasteiger partial charge on any atom is -0.460 e. The first-order chi connectivity index (χ1) is 27.2.